The summed E-state index contributed by atoms with van der Waals surface area (Å²) in [5.74, 6) is -0.0667. The topological polar surface area (TPSA) is 54.9 Å². The first kappa shape index (κ1) is 17.9. The number of carbonyl (C=O) groups is 1. The molecule has 4 rings (SSSR count). The normalized spacial score (nSPS) is 10.8. The van der Waals surface area contributed by atoms with Gasteiger partial charge in [0.15, 0.2) is 0 Å². The molecule has 138 valence electrons. The molecule has 28 heavy (non-hydrogen) atoms. The molecule has 0 aliphatic rings. The summed E-state index contributed by atoms with van der Waals surface area (Å²) in [7, 11) is 0. The summed E-state index contributed by atoms with van der Waals surface area (Å²) in [4.78, 5) is 21.7. The van der Waals surface area contributed by atoms with Crippen molar-refractivity contribution in [1.82, 2.24) is 9.97 Å². The maximum Gasteiger partial charge on any atom is 0.228 e. The molecule has 2 aromatic carbocycles. The first-order valence-electron chi connectivity index (χ1n) is 9.28. The van der Waals surface area contributed by atoms with Crippen LogP contribution in [0, 0.1) is 13.8 Å². The molecule has 2 heterocycles. The van der Waals surface area contributed by atoms with Crippen LogP contribution in [-0.2, 0) is 11.2 Å². The van der Waals surface area contributed by atoms with Gasteiger partial charge in [0, 0.05) is 28.7 Å². The molecule has 0 saturated heterocycles. The minimum Gasteiger partial charge on any atom is -0.326 e. The first-order valence-corrected chi connectivity index (χ1v) is 9.28. The lowest BCUT2D eigenvalue weighted by atomic mass is 9.92. The fraction of sp³-hybridized carbons (Fsp3) is 0.125. The number of amides is 1. The lowest BCUT2D eigenvalue weighted by Crippen LogP contribution is -2.16. The number of pyridine rings is 2. The molecule has 0 saturated carbocycles. The minimum atomic E-state index is -0.0667. The fourth-order valence-corrected chi connectivity index (χ4v) is 3.51. The number of anilines is 1. The van der Waals surface area contributed by atoms with Crippen molar-refractivity contribution in [3.05, 3.63) is 89.9 Å². The summed E-state index contributed by atoms with van der Waals surface area (Å²) in [5.41, 5.74) is 6.55. The number of fused-ring (bicyclic) bond motifs is 1. The maximum atomic E-state index is 12.8. The van der Waals surface area contributed by atoms with Gasteiger partial charge in [0.2, 0.25) is 5.91 Å². The van der Waals surface area contributed by atoms with Crippen LogP contribution in [0.5, 0.6) is 0 Å². The zero-order valence-electron chi connectivity index (χ0n) is 15.9. The Bertz CT molecular complexity index is 1150. The van der Waals surface area contributed by atoms with Gasteiger partial charge in [-0.05, 0) is 48.7 Å². The minimum absolute atomic E-state index is 0.0667. The first-order chi connectivity index (χ1) is 13.6. The molecule has 4 nitrogen and oxygen atoms in total. The van der Waals surface area contributed by atoms with Crippen LogP contribution in [0.25, 0.3) is 22.0 Å². The molecule has 0 unspecified atom stereocenters. The zero-order chi connectivity index (χ0) is 19.5. The Morgan fingerprint density at radius 2 is 1.71 bits per heavy atom. The fourth-order valence-electron chi connectivity index (χ4n) is 3.51. The highest BCUT2D eigenvalue weighted by Gasteiger charge is 2.17. The van der Waals surface area contributed by atoms with Gasteiger partial charge in [-0.25, -0.2) is 0 Å². The molecular weight excluding hydrogens is 346 g/mol. The molecule has 1 amide bonds. The highest BCUT2D eigenvalue weighted by molar-refractivity contribution is 6.00. The van der Waals surface area contributed by atoms with Crippen LogP contribution in [0.2, 0.25) is 0 Å². The van der Waals surface area contributed by atoms with E-state index in [9.17, 15) is 4.79 Å². The standard InChI is InChI=1S/C24H21N3O/c1-16-14-19(12-13-25-16)27-23(28)15-21-17(2)26-22-11-7-6-10-20(22)24(21)18-8-4-3-5-9-18/h3-14H,15H2,1-2H3,(H,25,27,28). The van der Waals surface area contributed by atoms with Gasteiger partial charge < -0.3 is 5.32 Å². The molecule has 0 aliphatic heterocycles. The Hall–Kier alpha value is -3.53. The summed E-state index contributed by atoms with van der Waals surface area (Å²) >= 11 is 0. The predicted octanol–water partition coefficient (Wildman–Crippen LogP) is 5.09. The number of hydrogen-bond acceptors (Lipinski definition) is 3. The molecular formula is C24H21N3O. The van der Waals surface area contributed by atoms with Gasteiger partial charge in [0.05, 0.1) is 11.9 Å². The van der Waals surface area contributed by atoms with E-state index in [2.05, 4.69) is 28.5 Å². The number of hydrogen-bond donors (Lipinski definition) is 1. The number of benzene rings is 2. The van der Waals surface area contributed by atoms with Gasteiger partial charge in [-0.15, -0.1) is 0 Å². The Balaban J connectivity index is 1.78. The van der Waals surface area contributed by atoms with Crippen LogP contribution in [0.1, 0.15) is 17.0 Å². The van der Waals surface area contributed by atoms with Crippen molar-refractivity contribution in [2.45, 2.75) is 20.3 Å². The Morgan fingerprint density at radius 1 is 0.964 bits per heavy atom. The van der Waals surface area contributed by atoms with Gasteiger partial charge in [-0.2, -0.15) is 0 Å². The number of nitrogens with zero attached hydrogens (tertiary/aromatic N) is 2. The van der Waals surface area contributed by atoms with Gasteiger partial charge in [0.1, 0.15) is 0 Å². The summed E-state index contributed by atoms with van der Waals surface area (Å²) < 4.78 is 0. The highest BCUT2D eigenvalue weighted by atomic mass is 16.1. The third kappa shape index (κ3) is 3.62. The number of nitrogens with one attached hydrogen (secondary N) is 1. The predicted molar refractivity (Wildman–Crippen MR) is 113 cm³/mol. The maximum absolute atomic E-state index is 12.8. The van der Waals surface area contributed by atoms with Crippen molar-refractivity contribution in [3.63, 3.8) is 0 Å². The van der Waals surface area contributed by atoms with Gasteiger partial charge >= 0.3 is 0 Å². The van der Waals surface area contributed by atoms with Crippen molar-refractivity contribution >= 4 is 22.5 Å². The van der Waals surface area contributed by atoms with E-state index in [1.807, 2.05) is 56.3 Å². The third-order valence-corrected chi connectivity index (χ3v) is 4.78. The van der Waals surface area contributed by atoms with E-state index in [-0.39, 0.29) is 12.3 Å². The third-order valence-electron chi connectivity index (χ3n) is 4.78. The summed E-state index contributed by atoms with van der Waals surface area (Å²) in [6.07, 6.45) is 1.96. The lowest BCUT2D eigenvalue weighted by Gasteiger charge is -2.16. The molecule has 0 spiro atoms. The number of para-hydroxylation sites is 1. The Kier molecular flexibility index (Phi) is 4.85. The molecule has 0 bridgehead atoms. The van der Waals surface area contributed by atoms with Crippen molar-refractivity contribution in [2.75, 3.05) is 5.32 Å². The van der Waals surface area contributed by atoms with Gasteiger partial charge in [-0.1, -0.05) is 48.5 Å². The second-order valence-electron chi connectivity index (χ2n) is 6.84. The van der Waals surface area contributed by atoms with Gasteiger partial charge in [-0.3, -0.25) is 14.8 Å². The highest BCUT2D eigenvalue weighted by Crippen LogP contribution is 2.33. The van der Waals surface area contributed by atoms with E-state index < -0.39 is 0 Å². The van der Waals surface area contributed by atoms with Crippen molar-refractivity contribution < 1.29 is 4.79 Å². The SMILES string of the molecule is Cc1cc(NC(=O)Cc2c(C)nc3ccccc3c2-c2ccccc2)ccn1. The van der Waals surface area contributed by atoms with Crippen molar-refractivity contribution in [2.24, 2.45) is 0 Å². The van der Waals surface area contributed by atoms with E-state index in [0.29, 0.717) is 0 Å². The van der Waals surface area contributed by atoms with Crippen LogP contribution < -0.4 is 5.32 Å². The largest absolute Gasteiger partial charge is 0.326 e. The Labute approximate surface area is 164 Å². The molecule has 0 atom stereocenters. The average Bonchev–Trinajstić information content (AvgIpc) is 2.69. The van der Waals surface area contributed by atoms with Crippen LogP contribution in [-0.4, -0.2) is 15.9 Å². The van der Waals surface area contributed by atoms with Crippen molar-refractivity contribution in [1.29, 1.82) is 0 Å². The summed E-state index contributed by atoms with van der Waals surface area (Å²) in [5, 5.41) is 4.04. The quantitative estimate of drug-likeness (QED) is 0.546. The van der Waals surface area contributed by atoms with Crippen LogP contribution in [0.3, 0.4) is 0 Å². The number of rotatable bonds is 4. The van der Waals surface area contributed by atoms with E-state index >= 15 is 0 Å². The van der Waals surface area contributed by atoms with Gasteiger partial charge in [0.25, 0.3) is 0 Å². The molecule has 4 heteroatoms. The molecule has 0 fully saturated rings. The van der Waals surface area contributed by atoms with E-state index in [1.54, 1.807) is 12.3 Å². The summed E-state index contributed by atoms with van der Waals surface area (Å²) in [6, 6.07) is 21.9. The number of aromatic nitrogens is 2. The van der Waals surface area contributed by atoms with Crippen LogP contribution in [0.15, 0.2) is 72.9 Å². The van der Waals surface area contributed by atoms with E-state index in [4.69, 9.17) is 4.98 Å². The second kappa shape index (κ2) is 7.61. The summed E-state index contributed by atoms with van der Waals surface area (Å²) in [6.45, 7) is 3.87. The van der Waals surface area contributed by atoms with E-state index in [0.717, 1.165) is 44.7 Å². The Morgan fingerprint density at radius 3 is 2.50 bits per heavy atom. The number of aryl methyl sites for hydroxylation is 2. The molecule has 4 aromatic rings. The molecule has 0 aliphatic carbocycles. The zero-order valence-corrected chi connectivity index (χ0v) is 15.9. The second-order valence-corrected chi connectivity index (χ2v) is 6.84. The molecule has 1 N–H and O–H groups in total. The molecule has 0 radical (unpaired) electrons. The lowest BCUT2D eigenvalue weighted by molar-refractivity contribution is -0.115. The smallest absolute Gasteiger partial charge is 0.228 e. The van der Waals surface area contributed by atoms with Crippen LogP contribution >= 0.6 is 0 Å². The average molecular weight is 367 g/mol. The van der Waals surface area contributed by atoms with Crippen molar-refractivity contribution in [3.8, 4) is 11.1 Å². The molecule has 2 aromatic heterocycles. The van der Waals surface area contributed by atoms with E-state index in [1.165, 1.54) is 0 Å². The monoisotopic (exact) mass is 367 g/mol. The van der Waals surface area contributed by atoms with Crippen LogP contribution in [0.4, 0.5) is 5.69 Å². The number of carbonyl (C=O) groups excluding carboxylic acids is 1.